The van der Waals surface area contributed by atoms with Crippen molar-refractivity contribution in [1.82, 2.24) is 14.7 Å². The van der Waals surface area contributed by atoms with E-state index in [4.69, 9.17) is 11.6 Å². The van der Waals surface area contributed by atoms with Gasteiger partial charge in [-0.25, -0.2) is 4.68 Å². The van der Waals surface area contributed by atoms with Crippen LogP contribution < -0.4 is 0 Å². The SMILES string of the molecule is Cc1cn(-c2ccccc2Cl)nc1C(=O)N1CCCC(C)(CO)C1. The van der Waals surface area contributed by atoms with Crippen molar-refractivity contribution in [2.75, 3.05) is 19.7 Å². The molecule has 2 aromatic rings. The molecule has 1 unspecified atom stereocenters. The summed E-state index contributed by atoms with van der Waals surface area (Å²) in [5.74, 6) is -0.0855. The summed E-state index contributed by atoms with van der Waals surface area (Å²) in [5.41, 5.74) is 1.78. The lowest BCUT2D eigenvalue weighted by Crippen LogP contribution is -2.46. The Labute approximate surface area is 146 Å². The summed E-state index contributed by atoms with van der Waals surface area (Å²) in [6, 6.07) is 7.41. The van der Waals surface area contributed by atoms with Gasteiger partial charge in [0, 0.05) is 30.3 Å². The number of rotatable bonds is 3. The number of aliphatic hydroxyl groups is 1. The quantitative estimate of drug-likeness (QED) is 0.928. The second-order valence-corrected chi connectivity index (χ2v) is 7.26. The van der Waals surface area contributed by atoms with Crippen LogP contribution in [0.25, 0.3) is 5.69 Å². The minimum atomic E-state index is -0.229. The zero-order valence-corrected chi connectivity index (χ0v) is 14.8. The van der Waals surface area contributed by atoms with Gasteiger partial charge in [0.1, 0.15) is 0 Å². The van der Waals surface area contributed by atoms with Gasteiger partial charge in [-0.15, -0.1) is 0 Å². The first-order valence-electron chi connectivity index (χ1n) is 8.15. The lowest BCUT2D eigenvalue weighted by molar-refractivity contribution is 0.0353. The van der Waals surface area contributed by atoms with Crippen LogP contribution in [0.4, 0.5) is 0 Å². The van der Waals surface area contributed by atoms with Gasteiger partial charge >= 0.3 is 0 Å². The van der Waals surface area contributed by atoms with Crippen molar-refractivity contribution in [1.29, 1.82) is 0 Å². The largest absolute Gasteiger partial charge is 0.396 e. The number of hydrogen-bond acceptors (Lipinski definition) is 3. The summed E-state index contributed by atoms with van der Waals surface area (Å²) in [6.45, 7) is 5.24. The number of aliphatic hydroxyl groups excluding tert-OH is 1. The van der Waals surface area contributed by atoms with Gasteiger partial charge < -0.3 is 10.0 Å². The highest BCUT2D eigenvalue weighted by Gasteiger charge is 2.34. The number of amides is 1. The molecule has 1 fully saturated rings. The number of carbonyl (C=O) groups excluding carboxylic acids is 1. The molecule has 0 aliphatic carbocycles. The highest BCUT2D eigenvalue weighted by Crippen LogP contribution is 2.30. The molecule has 0 spiro atoms. The molecule has 1 N–H and O–H groups in total. The molecule has 3 rings (SSSR count). The Balaban J connectivity index is 1.88. The van der Waals surface area contributed by atoms with Crippen molar-refractivity contribution in [2.45, 2.75) is 26.7 Å². The van der Waals surface area contributed by atoms with E-state index in [1.165, 1.54) is 0 Å². The van der Waals surface area contributed by atoms with Gasteiger partial charge in [-0.1, -0.05) is 30.7 Å². The number of halogens is 1. The number of piperidine rings is 1. The van der Waals surface area contributed by atoms with E-state index in [1.807, 2.05) is 38.2 Å². The lowest BCUT2D eigenvalue weighted by Gasteiger charge is -2.39. The molecule has 1 saturated heterocycles. The Kier molecular flexibility index (Phi) is 4.65. The van der Waals surface area contributed by atoms with Crippen molar-refractivity contribution < 1.29 is 9.90 Å². The maximum absolute atomic E-state index is 12.9. The van der Waals surface area contributed by atoms with Crippen molar-refractivity contribution in [3.8, 4) is 5.69 Å². The number of aromatic nitrogens is 2. The average Bonchev–Trinajstić information content (AvgIpc) is 2.96. The van der Waals surface area contributed by atoms with Crippen LogP contribution >= 0.6 is 11.6 Å². The molecule has 5 nitrogen and oxygen atoms in total. The predicted molar refractivity (Wildman–Crippen MR) is 93.6 cm³/mol. The van der Waals surface area contributed by atoms with Crippen LogP contribution in [0, 0.1) is 12.3 Å². The van der Waals surface area contributed by atoms with E-state index in [0.29, 0.717) is 23.8 Å². The molecular weight excluding hydrogens is 326 g/mol. The molecule has 1 amide bonds. The monoisotopic (exact) mass is 347 g/mol. The molecule has 0 bridgehead atoms. The topological polar surface area (TPSA) is 58.4 Å². The van der Waals surface area contributed by atoms with Crippen molar-refractivity contribution in [2.24, 2.45) is 5.41 Å². The van der Waals surface area contributed by atoms with E-state index in [0.717, 1.165) is 24.1 Å². The summed E-state index contributed by atoms with van der Waals surface area (Å²) < 4.78 is 1.65. The van der Waals surface area contributed by atoms with Crippen LogP contribution in [0.2, 0.25) is 5.02 Å². The van der Waals surface area contributed by atoms with Gasteiger partial charge in [-0.05, 0) is 31.9 Å². The number of aryl methyl sites for hydroxylation is 1. The van der Waals surface area contributed by atoms with Crippen LogP contribution in [0.15, 0.2) is 30.5 Å². The van der Waals surface area contributed by atoms with E-state index < -0.39 is 0 Å². The zero-order chi connectivity index (χ0) is 17.3. The first kappa shape index (κ1) is 17.0. The molecule has 1 aromatic heterocycles. The molecule has 24 heavy (non-hydrogen) atoms. The summed E-state index contributed by atoms with van der Waals surface area (Å²) in [6.07, 6.45) is 3.65. The fourth-order valence-electron chi connectivity index (χ4n) is 3.20. The van der Waals surface area contributed by atoms with Gasteiger partial charge in [0.25, 0.3) is 5.91 Å². The third kappa shape index (κ3) is 3.19. The van der Waals surface area contributed by atoms with Gasteiger partial charge in [0.15, 0.2) is 5.69 Å². The Bertz CT molecular complexity index is 758. The zero-order valence-electron chi connectivity index (χ0n) is 14.0. The van der Waals surface area contributed by atoms with Crippen LogP contribution in [0.5, 0.6) is 0 Å². The number of carbonyl (C=O) groups is 1. The number of nitrogens with zero attached hydrogens (tertiary/aromatic N) is 3. The minimum absolute atomic E-state index is 0.0855. The maximum Gasteiger partial charge on any atom is 0.274 e. The molecule has 1 aliphatic heterocycles. The highest BCUT2D eigenvalue weighted by molar-refractivity contribution is 6.32. The van der Waals surface area contributed by atoms with Crippen LogP contribution in [-0.2, 0) is 0 Å². The second-order valence-electron chi connectivity index (χ2n) is 6.86. The Morgan fingerprint density at radius 3 is 2.88 bits per heavy atom. The van der Waals surface area contributed by atoms with Gasteiger partial charge in [0.2, 0.25) is 0 Å². The Morgan fingerprint density at radius 2 is 2.17 bits per heavy atom. The summed E-state index contributed by atoms with van der Waals surface area (Å²) in [5, 5.41) is 14.6. The molecule has 1 aromatic carbocycles. The summed E-state index contributed by atoms with van der Waals surface area (Å²) >= 11 is 6.22. The van der Waals surface area contributed by atoms with Gasteiger partial charge in [-0.2, -0.15) is 5.10 Å². The molecule has 128 valence electrons. The third-order valence-electron chi connectivity index (χ3n) is 4.65. The lowest BCUT2D eigenvalue weighted by atomic mass is 9.82. The number of likely N-dealkylation sites (tertiary alicyclic amines) is 1. The minimum Gasteiger partial charge on any atom is -0.396 e. The first-order chi connectivity index (χ1) is 11.4. The molecule has 6 heteroatoms. The van der Waals surface area contributed by atoms with Crippen molar-refractivity contribution in [3.05, 3.63) is 46.7 Å². The number of para-hydroxylation sites is 1. The molecular formula is C18H22ClN3O2. The van der Waals surface area contributed by atoms with E-state index in [-0.39, 0.29) is 17.9 Å². The van der Waals surface area contributed by atoms with E-state index in [2.05, 4.69) is 5.10 Å². The first-order valence-corrected chi connectivity index (χ1v) is 8.53. The molecule has 0 saturated carbocycles. The number of benzene rings is 1. The van der Waals surface area contributed by atoms with E-state index in [9.17, 15) is 9.90 Å². The summed E-state index contributed by atoms with van der Waals surface area (Å²) in [4.78, 5) is 14.7. The Morgan fingerprint density at radius 1 is 1.42 bits per heavy atom. The normalized spacial score (nSPS) is 21.1. The fourth-order valence-corrected chi connectivity index (χ4v) is 3.42. The standard InChI is InChI=1S/C18H22ClN3O2/c1-13-10-22(15-7-4-3-6-14(15)19)20-16(13)17(24)21-9-5-8-18(2,11-21)12-23/h3-4,6-7,10,23H,5,8-9,11-12H2,1-2H3. The average molecular weight is 348 g/mol. The fraction of sp³-hybridized carbons (Fsp3) is 0.444. The van der Waals surface area contributed by atoms with Crippen molar-refractivity contribution in [3.63, 3.8) is 0 Å². The molecule has 1 aliphatic rings. The Hall–Kier alpha value is -1.85. The smallest absolute Gasteiger partial charge is 0.274 e. The predicted octanol–water partition coefficient (Wildman–Crippen LogP) is 3.07. The molecule has 0 radical (unpaired) electrons. The maximum atomic E-state index is 12.9. The van der Waals surface area contributed by atoms with E-state index >= 15 is 0 Å². The highest BCUT2D eigenvalue weighted by atomic mass is 35.5. The second kappa shape index (κ2) is 6.57. The van der Waals surface area contributed by atoms with Crippen LogP contribution in [-0.4, -0.2) is 45.4 Å². The summed E-state index contributed by atoms with van der Waals surface area (Å²) in [7, 11) is 0. The number of hydrogen-bond donors (Lipinski definition) is 1. The van der Waals surface area contributed by atoms with Crippen LogP contribution in [0.1, 0.15) is 35.8 Å². The molecule has 2 heterocycles. The van der Waals surface area contributed by atoms with Gasteiger partial charge in [0.05, 0.1) is 17.3 Å². The third-order valence-corrected chi connectivity index (χ3v) is 4.97. The molecule has 1 atom stereocenters. The van der Waals surface area contributed by atoms with Crippen LogP contribution in [0.3, 0.4) is 0 Å². The van der Waals surface area contributed by atoms with Gasteiger partial charge in [-0.3, -0.25) is 4.79 Å². The van der Waals surface area contributed by atoms with Crippen molar-refractivity contribution >= 4 is 17.5 Å². The van der Waals surface area contributed by atoms with E-state index in [1.54, 1.807) is 15.6 Å².